The van der Waals surface area contributed by atoms with Gasteiger partial charge in [-0.2, -0.15) is 0 Å². The molecule has 0 aliphatic rings. The zero-order valence-electron chi connectivity index (χ0n) is 11.3. The first-order valence-electron chi connectivity index (χ1n) is 5.47. The molecule has 6 nitrogen and oxygen atoms in total. The van der Waals surface area contributed by atoms with E-state index >= 15 is 0 Å². The van der Waals surface area contributed by atoms with Crippen LogP contribution in [0, 0.1) is 0 Å². The molecule has 0 unspecified atom stereocenters. The molecule has 2 amide bonds. The summed E-state index contributed by atoms with van der Waals surface area (Å²) in [6.07, 6.45) is 0.877. The normalized spacial score (nSPS) is 10.8. The van der Waals surface area contributed by atoms with Gasteiger partial charge in [-0.15, -0.1) is 0 Å². The van der Waals surface area contributed by atoms with Crippen molar-refractivity contribution in [3.8, 4) is 0 Å². The van der Waals surface area contributed by atoms with Gasteiger partial charge < -0.3 is 19.6 Å². The van der Waals surface area contributed by atoms with Gasteiger partial charge in [0.2, 0.25) is 0 Å². The molecule has 0 rings (SSSR count). The Labute approximate surface area is 107 Å². The highest BCUT2D eigenvalue weighted by molar-refractivity contribution is 5.98. The summed E-state index contributed by atoms with van der Waals surface area (Å²) in [6.45, 7) is 6.12. The number of aliphatic hydroxyl groups excluding tert-OH is 1. The van der Waals surface area contributed by atoms with Crippen LogP contribution in [0.3, 0.4) is 0 Å². The third-order valence-electron chi connectivity index (χ3n) is 2.02. The number of nitrogens with zero attached hydrogens (tertiary/aromatic N) is 2. The fourth-order valence-corrected chi connectivity index (χ4v) is 1.11. The van der Waals surface area contributed by atoms with Crippen LogP contribution in [0.1, 0.15) is 6.92 Å². The van der Waals surface area contributed by atoms with Gasteiger partial charge >= 0.3 is 0 Å². The Kier molecular flexibility index (Phi) is 6.56. The number of ether oxygens (including phenoxy) is 1. The van der Waals surface area contributed by atoms with Crippen molar-refractivity contribution < 1.29 is 19.4 Å². The fourth-order valence-electron chi connectivity index (χ4n) is 1.11. The molecule has 0 saturated heterocycles. The summed E-state index contributed by atoms with van der Waals surface area (Å²) in [4.78, 5) is 25.4. The number of hydrogen-bond donors (Lipinski definition) is 1. The molecule has 0 saturated carbocycles. The van der Waals surface area contributed by atoms with Crippen molar-refractivity contribution >= 4 is 11.8 Å². The molecule has 102 valence electrons. The van der Waals surface area contributed by atoms with Crippen molar-refractivity contribution in [3.05, 3.63) is 24.2 Å². The topological polar surface area (TPSA) is 70.1 Å². The van der Waals surface area contributed by atoms with Gasteiger partial charge in [0.05, 0.1) is 19.2 Å². The van der Waals surface area contributed by atoms with E-state index in [1.165, 1.54) is 30.9 Å². The van der Waals surface area contributed by atoms with E-state index in [9.17, 15) is 14.7 Å². The van der Waals surface area contributed by atoms with E-state index in [1.54, 1.807) is 0 Å². The predicted octanol–water partition coefficient (Wildman–Crippen LogP) is 0.525. The molecular weight excluding hydrogens is 236 g/mol. The fraction of sp³-hybridized carbons (Fsp3) is 0.500. The summed E-state index contributed by atoms with van der Waals surface area (Å²) in [7, 11) is 4.49. The third-order valence-corrected chi connectivity index (χ3v) is 2.02. The number of hydrogen-bond acceptors (Lipinski definition) is 4. The van der Waals surface area contributed by atoms with E-state index < -0.39 is 17.6 Å². The van der Waals surface area contributed by atoms with Crippen LogP contribution in [0.2, 0.25) is 0 Å². The van der Waals surface area contributed by atoms with Crippen molar-refractivity contribution in [2.24, 2.45) is 0 Å². The number of likely N-dealkylation sites (N-methyl/N-ethyl adjacent to an activating group) is 2. The van der Waals surface area contributed by atoms with Crippen LogP contribution >= 0.6 is 0 Å². The third kappa shape index (κ3) is 5.38. The summed E-state index contributed by atoms with van der Waals surface area (Å²) < 4.78 is 5.11. The van der Waals surface area contributed by atoms with E-state index in [0.29, 0.717) is 12.4 Å². The molecule has 18 heavy (non-hydrogen) atoms. The highest BCUT2D eigenvalue weighted by Gasteiger charge is 2.14. The lowest BCUT2D eigenvalue weighted by molar-refractivity contribution is -0.129. The summed E-state index contributed by atoms with van der Waals surface area (Å²) in [5.41, 5.74) is 0. The minimum Gasteiger partial charge on any atom is -0.503 e. The molecule has 0 radical (unpaired) electrons. The molecule has 0 aromatic heterocycles. The molecule has 0 bridgehead atoms. The van der Waals surface area contributed by atoms with Crippen molar-refractivity contribution in [1.29, 1.82) is 0 Å². The average molecular weight is 256 g/mol. The number of carbonyl (C=O) groups excluding carboxylic acids is 2. The first kappa shape index (κ1) is 16.0. The van der Waals surface area contributed by atoms with Crippen molar-refractivity contribution in [2.75, 3.05) is 34.3 Å². The minimum atomic E-state index is -0.625. The van der Waals surface area contributed by atoms with Gasteiger partial charge in [0.15, 0.2) is 5.76 Å². The maximum Gasteiger partial charge on any atom is 0.288 e. The Balaban J connectivity index is 4.52. The molecule has 1 N–H and O–H groups in total. The first-order chi connectivity index (χ1) is 8.29. The molecule has 0 aromatic rings. The van der Waals surface area contributed by atoms with Gasteiger partial charge in [0.1, 0.15) is 5.76 Å². The molecule has 0 heterocycles. The van der Waals surface area contributed by atoms with E-state index in [1.807, 2.05) is 6.92 Å². The van der Waals surface area contributed by atoms with Gasteiger partial charge in [0.25, 0.3) is 11.8 Å². The molecule has 0 atom stereocenters. The number of amides is 2. The zero-order chi connectivity index (χ0) is 14.3. The van der Waals surface area contributed by atoms with E-state index in [0.717, 1.165) is 6.08 Å². The smallest absolute Gasteiger partial charge is 0.288 e. The van der Waals surface area contributed by atoms with Gasteiger partial charge in [-0.3, -0.25) is 9.59 Å². The summed E-state index contributed by atoms with van der Waals surface area (Å²) >= 11 is 0. The molecule has 0 aliphatic carbocycles. The second-order valence-electron chi connectivity index (χ2n) is 3.90. The van der Waals surface area contributed by atoms with E-state index in [4.69, 9.17) is 4.74 Å². The summed E-state index contributed by atoms with van der Waals surface area (Å²) in [6, 6.07) is 0. The van der Waals surface area contributed by atoms with Crippen LogP contribution < -0.4 is 0 Å². The Bertz CT molecular complexity index is 361. The quantitative estimate of drug-likeness (QED) is 0.556. The second kappa shape index (κ2) is 7.37. The van der Waals surface area contributed by atoms with E-state index in [-0.39, 0.29) is 6.54 Å². The van der Waals surface area contributed by atoms with Gasteiger partial charge in [-0.1, -0.05) is 6.58 Å². The first-order valence-corrected chi connectivity index (χ1v) is 5.47. The van der Waals surface area contributed by atoms with Crippen molar-refractivity contribution in [2.45, 2.75) is 6.92 Å². The maximum absolute atomic E-state index is 11.6. The highest BCUT2D eigenvalue weighted by Crippen LogP contribution is 2.00. The zero-order valence-corrected chi connectivity index (χ0v) is 11.3. The lowest BCUT2D eigenvalue weighted by atomic mass is 10.3. The monoisotopic (exact) mass is 256 g/mol. The van der Waals surface area contributed by atoms with Crippen LogP contribution in [0.4, 0.5) is 0 Å². The predicted molar refractivity (Wildman–Crippen MR) is 67.8 cm³/mol. The molecule has 0 fully saturated rings. The maximum atomic E-state index is 11.6. The van der Waals surface area contributed by atoms with Gasteiger partial charge in [0, 0.05) is 21.1 Å². The van der Waals surface area contributed by atoms with Gasteiger partial charge in [-0.05, 0) is 6.92 Å². The van der Waals surface area contributed by atoms with Crippen LogP contribution in [-0.2, 0) is 14.3 Å². The van der Waals surface area contributed by atoms with Gasteiger partial charge in [-0.25, -0.2) is 0 Å². The van der Waals surface area contributed by atoms with E-state index in [2.05, 4.69) is 6.58 Å². The second-order valence-corrected chi connectivity index (χ2v) is 3.90. The lowest BCUT2D eigenvalue weighted by Crippen LogP contribution is -2.29. The summed E-state index contributed by atoms with van der Waals surface area (Å²) in [5, 5.41) is 9.41. The Morgan fingerprint density at radius 3 is 2.33 bits per heavy atom. The summed E-state index contributed by atoms with van der Waals surface area (Å²) in [5.74, 6) is -1.28. The number of rotatable bonds is 6. The van der Waals surface area contributed by atoms with Crippen molar-refractivity contribution in [1.82, 2.24) is 9.80 Å². The van der Waals surface area contributed by atoms with Crippen molar-refractivity contribution in [3.63, 3.8) is 0 Å². The standard InChI is InChI=1S/C12H20N2O4/c1-6-18-9(2)8-14(5)11(16)7-10(15)12(17)13(3)4/h7,15H,2,6,8H2,1,3-5H3/b10-7-. The highest BCUT2D eigenvalue weighted by atomic mass is 16.5. The van der Waals surface area contributed by atoms with Crippen LogP contribution in [-0.4, -0.2) is 61.0 Å². The van der Waals surface area contributed by atoms with Crippen LogP contribution in [0.25, 0.3) is 0 Å². The Hall–Kier alpha value is -1.98. The lowest BCUT2D eigenvalue weighted by Gasteiger charge is -2.17. The molecule has 6 heteroatoms. The molecule has 0 aliphatic heterocycles. The Morgan fingerprint density at radius 1 is 1.33 bits per heavy atom. The number of aliphatic hydroxyl groups is 1. The molecular formula is C12H20N2O4. The largest absolute Gasteiger partial charge is 0.503 e. The Morgan fingerprint density at radius 2 is 1.89 bits per heavy atom. The number of carbonyl (C=O) groups is 2. The van der Waals surface area contributed by atoms with Crippen LogP contribution in [0.5, 0.6) is 0 Å². The molecule has 0 spiro atoms. The van der Waals surface area contributed by atoms with Crippen LogP contribution in [0.15, 0.2) is 24.2 Å². The molecule has 0 aromatic carbocycles. The minimum absolute atomic E-state index is 0.201. The SMILES string of the molecule is C=C(CN(C)C(=O)/C=C(\O)C(=O)N(C)C)OCC. The average Bonchev–Trinajstić information content (AvgIpc) is 2.27.